The maximum Gasteiger partial charge on any atom is 0.255 e. The highest BCUT2D eigenvalue weighted by Gasteiger charge is 2.17. The molecule has 0 heterocycles. The van der Waals surface area contributed by atoms with Crippen molar-refractivity contribution in [1.29, 1.82) is 0 Å². The van der Waals surface area contributed by atoms with E-state index in [4.69, 9.17) is 14.2 Å². The van der Waals surface area contributed by atoms with Crippen molar-refractivity contribution in [2.75, 3.05) is 32.0 Å². The number of anilines is 2. The Morgan fingerprint density at radius 2 is 1.52 bits per heavy atom. The van der Waals surface area contributed by atoms with Gasteiger partial charge in [-0.15, -0.1) is 11.8 Å². The van der Waals surface area contributed by atoms with Gasteiger partial charge in [-0.3, -0.25) is 9.59 Å². The normalized spacial score (nSPS) is 11.3. The molecule has 8 heteroatoms. The van der Waals surface area contributed by atoms with Gasteiger partial charge in [0, 0.05) is 16.1 Å². The Hall–Kier alpha value is -3.65. The van der Waals surface area contributed by atoms with Gasteiger partial charge in [0.05, 0.1) is 32.3 Å². The Labute approximate surface area is 197 Å². The van der Waals surface area contributed by atoms with Gasteiger partial charge in [0.1, 0.15) is 5.75 Å². The number of rotatable bonds is 9. The molecule has 0 fully saturated rings. The molecule has 172 valence electrons. The highest BCUT2D eigenvalue weighted by molar-refractivity contribution is 8.00. The minimum Gasteiger partial charge on any atom is -0.495 e. The summed E-state index contributed by atoms with van der Waals surface area (Å²) in [5.41, 5.74) is 1.68. The predicted molar refractivity (Wildman–Crippen MR) is 131 cm³/mol. The number of thioether (sulfide) groups is 1. The topological polar surface area (TPSA) is 85.9 Å². The third-order valence-corrected chi connectivity index (χ3v) is 5.88. The highest BCUT2D eigenvalue weighted by Crippen LogP contribution is 2.30. The standard InChI is InChI=1S/C25H26N2O5S/c1-16(24(28)27-20-10-5-6-11-21(20)30-2)33-19-9-7-8-18(15-19)26-25(29)17-12-13-22(31-3)23(14-17)32-4/h5-16H,1-4H3,(H,26,29)(H,27,28). The Balaban J connectivity index is 1.65. The first kappa shape index (κ1) is 24.0. The quantitative estimate of drug-likeness (QED) is 0.428. The number of hydrogen-bond acceptors (Lipinski definition) is 6. The second kappa shape index (κ2) is 11.3. The van der Waals surface area contributed by atoms with Gasteiger partial charge in [0.15, 0.2) is 11.5 Å². The van der Waals surface area contributed by atoms with Crippen molar-refractivity contribution in [3.8, 4) is 17.2 Å². The largest absolute Gasteiger partial charge is 0.495 e. The Morgan fingerprint density at radius 3 is 2.24 bits per heavy atom. The first-order valence-electron chi connectivity index (χ1n) is 10.2. The van der Waals surface area contributed by atoms with E-state index in [-0.39, 0.29) is 17.1 Å². The lowest BCUT2D eigenvalue weighted by Gasteiger charge is -2.15. The average Bonchev–Trinajstić information content (AvgIpc) is 2.84. The van der Waals surface area contributed by atoms with Crippen molar-refractivity contribution in [3.05, 3.63) is 72.3 Å². The number of ether oxygens (including phenoxy) is 3. The second-order valence-electron chi connectivity index (χ2n) is 7.00. The molecule has 0 saturated carbocycles. The minimum atomic E-state index is -0.369. The van der Waals surface area contributed by atoms with Crippen LogP contribution in [0.5, 0.6) is 17.2 Å². The predicted octanol–water partition coefficient (Wildman–Crippen LogP) is 5.08. The molecule has 0 aliphatic rings. The van der Waals surface area contributed by atoms with Crippen LogP contribution in [0.4, 0.5) is 11.4 Å². The SMILES string of the molecule is COc1ccccc1NC(=O)C(C)Sc1cccc(NC(=O)c2ccc(OC)c(OC)c2)c1. The van der Waals surface area contributed by atoms with Gasteiger partial charge in [0.2, 0.25) is 5.91 Å². The highest BCUT2D eigenvalue weighted by atomic mass is 32.2. The summed E-state index contributed by atoms with van der Waals surface area (Å²) >= 11 is 1.39. The van der Waals surface area contributed by atoms with Crippen LogP contribution in [0.1, 0.15) is 17.3 Å². The Bertz CT molecular complexity index is 1140. The third kappa shape index (κ3) is 6.20. The lowest BCUT2D eigenvalue weighted by molar-refractivity contribution is -0.115. The zero-order chi connectivity index (χ0) is 23.8. The van der Waals surface area contributed by atoms with E-state index in [1.54, 1.807) is 50.6 Å². The molecule has 0 radical (unpaired) electrons. The molecule has 7 nitrogen and oxygen atoms in total. The van der Waals surface area contributed by atoms with Crippen LogP contribution in [-0.4, -0.2) is 38.4 Å². The maximum atomic E-state index is 12.7. The van der Waals surface area contributed by atoms with Crippen LogP contribution in [0.2, 0.25) is 0 Å². The van der Waals surface area contributed by atoms with Crippen LogP contribution in [0, 0.1) is 0 Å². The summed E-state index contributed by atoms with van der Waals surface area (Å²) in [6.07, 6.45) is 0. The zero-order valence-corrected chi connectivity index (χ0v) is 19.7. The van der Waals surface area contributed by atoms with E-state index in [0.29, 0.717) is 34.2 Å². The van der Waals surface area contributed by atoms with E-state index in [0.717, 1.165) is 4.90 Å². The Morgan fingerprint density at radius 1 is 0.788 bits per heavy atom. The summed E-state index contributed by atoms with van der Waals surface area (Å²) in [5, 5.41) is 5.40. The molecule has 3 aromatic carbocycles. The summed E-state index contributed by atoms with van der Waals surface area (Å²) in [7, 11) is 4.62. The molecule has 0 spiro atoms. The first-order chi connectivity index (χ1) is 15.9. The molecule has 3 rings (SSSR count). The third-order valence-electron chi connectivity index (χ3n) is 4.78. The fraction of sp³-hybridized carbons (Fsp3) is 0.200. The van der Waals surface area contributed by atoms with Crippen molar-refractivity contribution in [2.24, 2.45) is 0 Å². The molecular formula is C25H26N2O5S. The zero-order valence-electron chi connectivity index (χ0n) is 18.9. The summed E-state index contributed by atoms with van der Waals surface area (Å²) in [6.45, 7) is 1.82. The van der Waals surface area contributed by atoms with E-state index >= 15 is 0 Å². The fourth-order valence-corrected chi connectivity index (χ4v) is 3.99. The van der Waals surface area contributed by atoms with E-state index in [1.807, 2.05) is 37.3 Å². The molecule has 1 unspecified atom stereocenters. The van der Waals surface area contributed by atoms with Crippen LogP contribution in [0.3, 0.4) is 0 Å². The van der Waals surface area contributed by atoms with Crippen LogP contribution in [0.15, 0.2) is 71.6 Å². The number of hydrogen-bond donors (Lipinski definition) is 2. The molecule has 2 amide bonds. The maximum absolute atomic E-state index is 12.7. The molecule has 0 aliphatic heterocycles. The minimum absolute atomic E-state index is 0.149. The van der Waals surface area contributed by atoms with Crippen molar-refractivity contribution in [2.45, 2.75) is 17.1 Å². The molecule has 0 aliphatic carbocycles. The van der Waals surface area contributed by atoms with Crippen molar-refractivity contribution in [1.82, 2.24) is 0 Å². The first-order valence-corrected chi connectivity index (χ1v) is 11.1. The number of carbonyl (C=O) groups is 2. The molecule has 0 aromatic heterocycles. The number of benzene rings is 3. The summed E-state index contributed by atoms with van der Waals surface area (Å²) in [4.78, 5) is 26.2. The number of carbonyl (C=O) groups excluding carboxylic acids is 2. The molecule has 1 atom stereocenters. The lowest BCUT2D eigenvalue weighted by Crippen LogP contribution is -2.22. The van der Waals surface area contributed by atoms with E-state index < -0.39 is 0 Å². The van der Waals surface area contributed by atoms with E-state index in [2.05, 4.69) is 10.6 Å². The van der Waals surface area contributed by atoms with Gasteiger partial charge >= 0.3 is 0 Å². The summed E-state index contributed by atoms with van der Waals surface area (Å²) < 4.78 is 15.8. The van der Waals surface area contributed by atoms with Crippen LogP contribution < -0.4 is 24.8 Å². The van der Waals surface area contributed by atoms with Gasteiger partial charge in [-0.1, -0.05) is 18.2 Å². The van der Waals surface area contributed by atoms with Crippen LogP contribution >= 0.6 is 11.8 Å². The molecule has 33 heavy (non-hydrogen) atoms. The fourth-order valence-electron chi connectivity index (χ4n) is 3.07. The lowest BCUT2D eigenvalue weighted by atomic mass is 10.2. The second-order valence-corrected chi connectivity index (χ2v) is 8.42. The van der Waals surface area contributed by atoms with Gasteiger partial charge in [0.25, 0.3) is 5.91 Å². The van der Waals surface area contributed by atoms with Crippen LogP contribution in [-0.2, 0) is 4.79 Å². The van der Waals surface area contributed by atoms with Crippen molar-refractivity contribution < 1.29 is 23.8 Å². The number of amides is 2. The smallest absolute Gasteiger partial charge is 0.255 e. The molecular weight excluding hydrogens is 440 g/mol. The summed E-state index contributed by atoms with van der Waals surface area (Å²) in [6, 6.07) is 19.6. The van der Waals surface area contributed by atoms with E-state index in [9.17, 15) is 9.59 Å². The number of methoxy groups -OCH3 is 3. The molecule has 3 aromatic rings. The van der Waals surface area contributed by atoms with Crippen LogP contribution in [0.25, 0.3) is 0 Å². The van der Waals surface area contributed by atoms with E-state index in [1.165, 1.54) is 18.9 Å². The molecule has 2 N–H and O–H groups in total. The number of para-hydroxylation sites is 2. The van der Waals surface area contributed by atoms with Gasteiger partial charge in [-0.05, 0) is 55.5 Å². The summed E-state index contributed by atoms with van der Waals surface area (Å²) in [5.74, 6) is 1.20. The number of nitrogens with one attached hydrogen (secondary N) is 2. The molecule has 0 saturated heterocycles. The van der Waals surface area contributed by atoms with Gasteiger partial charge < -0.3 is 24.8 Å². The van der Waals surface area contributed by atoms with Gasteiger partial charge in [-0.25, -0.2) is 0 Å². The van der Waals surface area contributed by atoms with Gasteiger partial charge in [-0.2, -0.15) is 0 Å². The van der Waals surface area contributed by atoms with Crippen molar-refractivity contribution >= 4 is 35.0 Å². The monoisotopic (exact) mass is 466 g/mol. The Kier molecular flexibility index (Phi) is 8.21. The molecule has 0 bridgehead atoms. The average molecular weight is 467 g/mol. The van der Waals surface area contributed by atoms with Crippen molar-refractivity contribution in [3.63, 3.8) is 0 Å².